The van der Waals surface area contributed by atoms with Crippen molar-refractivity contribution in [2.75, 3.05) is 0 Å². The van der Waals surface area contributed by atoms with Gasteiger partial charge < -0.3 is 9.88 Å². The van der Waals surface area contributed by atoms with E-state index in [-0.39, 0.29) is 5.91 Å². The van der Waals surface area contributed by atoms with E-state index in [0.29, 0.717) is 18.0 Å². The van der Waals surface area contributed by atoms with Gasteiger partial charge in [0.05, 0.1) is 12.2 Å². The van der Waals surface area contributed by atoms with Crippen molar-refractivity contribution < 1.29 is 4.79 Å². The van der Waals surface area contributed by atoms with Crippen LogP contribution in [-0.2, 0) is 20.1 Å². The maximum absolute atomic E-state index is 12.5. The molecule has 5 nitrogen and oxygen atoms in total. The third-order valence-electron chi connectivity index (χ3n) is 3.82. The first-order valence-corrected chi connectivity index (χ1v) is 7.89. The van der Waals surface area contributed by atoms with Gasteiger partial charge in [0.15, 0.2) is 0 Å². The lowest BCUT2D eigenvalue weighted by atomic mass is 10.1. The highest BCUT2D eigenvalue weighted by Gasteiger charge is 2.13. The van der Waals surface area contributed by atoms with Crippen LogP contribution in [0.4, 0.5) is 0 Å². The molecule has 0 spiro atoms. The number of aryl methyl sites for hydroxylation is 1. The molecule has 0 unspecified atom stereocenters. The Labute approximate surface area is 135 Å². The van der Waals surface area contributed by atoms with Crippen LogP contribution in [-0.4, -0.2) is 20.3 Å². The van der Waals surface area contributed by atoms with Crippen molar-refractivity contribution in [3.63, 3.8) is 0 Å². The number of amides is 1. The van der Waals surface area contributed by atoms with Crippen LogP contribution in [0.25, 0.3) is 10.9 Å². The Morgan fingerprint density at radius 3 is 2.74 bits per heavy atom. The summed E-state index contributed by atoms with van der Waals surface area (Å²) in [7, 11) is 1.86. The lowest BCUT2D eigenvalue weighted by Gasteiger charge is -2.09. The van der Waals surface area contributed by atoms with Crippen LogP contribution in [0.5, 0.6) is 0 Å². The summed E-state index contributed by atoms with van der Waals surface area (Å²) in [6, 6.07) is 9.80. The Morgan fingerprint density at radius 2 is 2.04 bits per heavy atom. The Morgan fingerprint density at radius 1 is 1.22 bits per heavy atom. The number of carbonyl (C=O) groups is 1. The molecular weight excluding hydrogens is 288 g/mol. The predicted octanol–water partition coefficient (Wildman–Crippen LogP) is 2.96. The van der Waals surface area contributed by atoms with Gasteiger partial charge in [-0.3, -0.25) is 9.48 Å². The molecule has 120 valence electrons. The standard InChI is InChI=1S/C18H22N4O/c1-13(2)12-22-10-8-15-16(5-4-6-17(15)22)18(23)19-11-14-7-9-21(3)20-14/h4-10,13H,11-12H2,1-3H3,(H,19,23). The molecule has 2 aromatic heterocycles. The highest BCUT2D eigenvalue weighted by atomic mass is 16.1. The zero-order valence-corrected chi connectivity index (χ0v) is 13.8. The van der Waals surface area contributed by atoms with Crippen molar-refractivity contribution in [2.24, 2.45) is 13.0 Å². The maximum atomic E-state index is 12.5. The zero-order chi connectivity index (χ0) is 16.4. The molecule has 1 amide bonds. The summed E-state index contributed by atoms with van der Waals surface area (Å²) in [6.07, 6.45) is 3.93. The molecule has 23 heavy (non-hydrogen) atoms. The fraction of sp³-hybridized carbons (Fsp3) is 0.333. The first-order chi connectivity index (χ1) is 11.0. The second-order valence-corrected chi connectivity index (χ2v) is 6.26. The number of carbonyl (C=O) groups excluding carboxylic acids is 1. The summed E-state index contributed by atoms with van der Waals surface area (Å²) in [5, 5.41) is 8.21. The van der Waals surface area contributed by atoms with E-state index in [1.807, 2.05) is 37.5 Å². The van der Waals surface area contributed by atoms with Gasteiger partial charge in [-0.05, 0) is 30.2 Å². The molecule has 1 aromatic carbocycles. The fourth-order valence-electron chi connectivity index (χ4n) is 2.80. The number of nitrogens with zero attached hydrogens (tertiary/aromatic N) is 3. The molecule has 5 heteroatoms. The Bertz CT molecular complexity index is 829. The molecule has 0 aliphatic heterocycles. The number of benzene rings is 1. The summed E-state index contributed by atoms with van der Waals surface area (Å²) >= 11 is 0. The average molecular weight is 310 g/mol. The first kappa shape index (κ1) is 15.3. The van der Waals surface area contributed by atoms with Crippen molar-refractivity contribution >= 4 is 16.8 Å². The molecule has 3 aromatic rings. The van der Waals surface area contributed by atoms with E-state index in [2.05, 4.69) is 41.1 Å². The van der Waals surface area contributed by atoms with Gasteiger partial charge in [0.2, 0.25) is 0 Å². The summed E-state index contributed by atoms with van der Waals surface area (Å²) < 4.78 is 3.93. The highest BCUT2D eigenvalue weighted by Crippen LogP contribution is 2.21. The molecule has 0 saturated carbocycles. The molecule has 2 heterocycles. The third kappa shape index (κ3) is 3.28. The van der Waals surface area contributed by atoms with Crippen LogP contribution in [0.2, 0.25) is 0 Å². The normalized spacial score (nSPS) is 11.3. The van der Waals surface area contributed by atoms with E-state index >= 15 is 0 Å². The number of aromatic nitrogens is 3. The Hall–Kier alpha value is -2.56. The Kier molecular flexibility index (Phi) is 4.19. The molecule has 0 bridgehead atoms. The minimum Gasteiger partial charge on any atom is -0.347 e. The van der Waals surface area contributed by atoms with Crippen LogP contribution < -0.4 is 5.32 Å². The van der Waals surface area contributed by atoms with Crippen molar-refractivity contribution in [1.29, 1.82) is 0 Å². The Balaban J connectivity index is 1.81. The van der Waals surface area contributed by atoms with Gasteiger partial charge in [0.25, 0.3) is 5.91 Å². The van der Waals surface area contributed by atoms with Crippen LogP contribution in [0.3, 0.4) is 0 Å². The second-order valence-electron chi connectivity index (χ2n) is 6.26. The summed E-state index contributed by atoms with van der Waals surface area (Å²) in [6.45, 7) is 5.76. The molecular formula is C18H22N4O. The van der Waals surface area contributed by atoms with Crippen LogP contribution in [0.1, 0.15) is 29.9 Å². The number of nitrogens with one attached hydrogen (secondary N) is 1. The van der Waals surface area contributed by atoms with Gasteiger partial charge >= 0.3 is 0 Å². The lowest BCUT2D eigenvalue weighted by Crippen LogP contribution is -2.23. The minimum absolute atomic E-state index is 0.0662. The number of hydrogen-bond acceptors (Lipinski definition) is 2. The third-order valence-corrected chi connectivity index (χ3v) is 3.82. The molecule has 0 fully saturated rings. The molecule has 1 N–H and O–H groups in total. The summed E-state index contributed by atoms with van der Waals surface area (Å²) in [5.41, 5.74) is 2.66. The fourth-order valence-corrected chi connectivity index (χ4v) is 2.80. The van der Waals surface area contributed by atoms with Gasteiger partial charge in [-0.15, -0.1) is 0 Å². The van der Waals surface area contributed by atoms with Crippen molar-refractivity contribution in [3.8, 4) is 0 Å². The van der Waals surface area contributed by atoms with Crippen molar-refractivity contribution in [1.82, 2.24) is 19.7 Å². The zero-order valence-electron chi connectivity index (χ0n) is 13.8. The van der Waals surface area contributed by atoms with Crippen LogP contribution in [0.15, 0.2) is 42.7 Å². The highest BCUT2D eigenvalue weighted by molar-refractivity contribution is 6.06. The monoisotopic (exact) mass is 310 g/mol. The number of rotatable bonds is 5. The minimum atomic E-state index is -0.0662. The van der Waals surface area contributed by atoms with E-state index in [1.54, 1.807) is 4.68 Å². The maximum Gasteiger partial charge on any atom is 0.252 e. The molecule has 3 rings (SSSR count). The first-order valence-electron chi connectivity index (χ1n) is 7.89. The van der Waals surface area contributed by atoms with E-state index in [9.17, 15) is 4.79 Å². The summed E-state index contributed by atoms with van der Waals surface area (Å²) in [4.78, 5) is 12.5. The quantitative estimate of drug-likeness (QED) is 0.787. The van der Waals surface area contributed by atoms with Crippen LogP contribution >= 0.6 is 0 Å². The molecule has 0 atom stereocenters. The number of fused-ring (bicyclic) bond motifs is 1. The van der Waals surface area contributed by atoms with Crippen molar-refractivity contribution in [3.05, 3.63) is 54.0 Å². The molecule has 0 radical (unpaired) electrons. The molecule has 0 saturated heterocycles. The number of hydrogen-bond donors (Lipinski definition) is 1. The molecule has 0 aliphatic carbocycles. The molecule has 0 aliphatic rings. The van der Waals surface area contributed by atoms with Gasteiger partial charge in [-0.25, -0.2) is 0 Å². The average Bonchev–Trinajstić information content (AvgIpc) is 3.11. The van der Waals surface area contributed by atoms with Crippen LogP contribution in [0, 0.1) is 5.92 Å². The lowest BCUT2D eigenvalue weighted by molar-refractivity contribution is 0.0952. The van der Waals surface area contributed by atoms with Gasteiger partial charge in [-0.1, -0.05) is 19.9 Å². The van der Waals surface area contributed by atoms with E-state index in [0.717, 1.165) is 23.1 Å². The van der Waals surface area contributed by atoms with E-state index < -0.39 is 0 Å². The SMILES string of the molecule is CC(C)Cn1ccc2c(C(=O)NCc3ccn(C)n3)cccc21. The van der Waals surface area contributed by atoms with Gasteiger partial charge in [-0.2, -0.15) is 5.10 Å². The summed E-state index contributed by atoms with van der Waals surface area (Å²) in [5.74, 6) is 0.496. The topological polar surface area (TPSA) is 51.9 Å². The largest absolute Gasteiger partial charge is 0.347 e. The van der Waals surface area contributed by atoms with Gasteiger partial charge in [0.1, 0.15) is 0 Å². The van der Waals surface area contributed by atoms with Gasteiger partial charge in [0, 0.05) is 42.5 Å². The predicted molar refractivity (Wildman–Crippen MR) is 91.2 cm³/mol. The van der Waals surface area contributed by atoms with E-state index in [1.165, 1.54) is 0 Å². The van der Waals surface area contributed by atoms with E-state index in [4.69, 9.17) is 0 Å². The second kappa shape index (κ2) is 6.28. The van der Waals surface area contributed by atoms with Crippen molar-refractivity contribution in [2.45, 2.75) is 26.9 Å². The smallest absolute Gasteiger partial charge is 0.252 e.